The minimum absolute atomic E-state index is 0.123. The van der Waals surface area contributed by atoms with Gasteiger partial charge >= 0.3 is 0 Å². The molecule has 6 rings (SSSR count). The van der Waals surface area contributed by atoms with Gasteiger partial charge in [0.15, 0.2) is 0 Å². The van der Waals surface area contributed by atoms with Gasteiger partial charge in [0.25, 0.3) is 0 Å². The summed E-state index contributed by atoms with van der Waals surface area (Å²) in [6.45, 7) is 11.9. The molecule has 0 fully saturated rings. The molecule has 0 amide bonds. The van der Waals surface area contributed by atoms with E-state index in [4.69, 9.17) is 51.4 Å². The third-order valence-electron chi connectivity index (χ3n) is 7.88. The van der Waals surface area contributed by atoms with E-state index in [9.17, 15) is 5.11 Å². The van der Waals surface area contributed by atoms with Crippen LogP contribution in [0.4, 0.5) is 0 Å². The largest absolute Gasteiger partial charge is 0.388 e. The van der Waals surface area contributed by atoms with Gasteiger partial charge in [-0.25, -0.2) is 9.97 Å². The zero-order valence-electron chi connectivity index (χ0n) is 29.5. The number of benzene rings is 2. The molecule has 4 aromatic heterocycles. The smallest absolute Gasteiger partial charge is 0.136 e. The number of halogens is 4. The first-order valence-electron chi connectivity index (χ1n) is 16.8. The molecular weight excluding hydrogens is 774 g/mol. The number of aliphatic hydroxyl groups excluding tert-OH is 1. The Hall–Kier alpha value is -3.02. The van der Waals surface area contributed by atoms with Crippen molar-refractivity contribution in [3.63, 3.8) is 0 Å². The first-order chi connectivity index (χ1) is 24.9. The second-order valence-electron chi connectivity index (χ2n) is 12.6. The van der Waals surface area contributed by atoms with Gasteiger partial charge in [-0.15, -0.1) is 0 Å². The molecule has 1 N–H and O–H groups in total. The lowest BCUT2D eigenvalue weighted by Crippen LogP contribution is -2.06. The Morgan fingerprint density at radius 3 is 1.31 bits per heavy atom. The lowest BCUT2D eigenvalue weighted by Gasteiger charge is -2.13. The van der Waals surface area contributed by atoms with Crippen LogP contribution in [0.25, 0.3) is 0 Å². The summed E-state index contributed by atoms with van der Waals surface area (Å²) in [6.07, 6.45) is 8.05. The fourth-order valence-electron chi connectivity index (χ4n) is 5.43. The molecule has 0 aliphatic rings. The molecule has 7 nitrogen and oxygen atoms in total. The summed E-state index contributed by atoms with van der Waals surface area (Å²) in [5.41, 5.74) is 4.35. The lowest BCUT2D eigenvalue weighted by atomic mass is 10.1. The Labute approximate surface area is 334 Å². The molecule has 2 aromatic carbocycles. The quantitative estimate of drug-likeness (QED) is 0.132. The van der Waals surface area contributed by atoms with Gasteiger partial charge in [-0.05, 0) is 83.6 Å². The fourth-order valence-corrected chi connectivity index (χ4v) is 9.26. The molecule has 6 aromatic rings. The number of nitrogens with zero attached hydrogens (tertiary/aromatic N) is 6. The first-order valence-corrected chi connectivity index (χ1v) is 19.9. The Balaban J connectivity index is 0.000000201. The van der Waals surface area contributed by atoms with Gasteiger partial charge in [-0.1, -0.05) is 105 Å². The fraction of sp³-hybridized carbons (Fsp3) is 0.282. The van der Waals surface area contributed by atoms with Gasteiger partial charge in [-0.3, -0.25) is 9.97 Å². The summed E-state index contributed by atoms with van der Waals surface area (Å²) < 4.78 is 4.34. The third-order valence-corrected chi connectivity index (χ3v) is 10.9. The second-order valence-corrected chi connectivity index (χ2v) is 16.4. The zero-order chi connectivity index (χ0) is 37.4. The highest BCUT2D eigenvalue weighted by atomic mass is 35.5. The van der Waals surface area contributed by atoms with Crippen LogP contribution in [0.15, 0.2) is 105 Å². The predicted molar refractivity (Wildman–Crippen MR) is 216 cm³/mol. The van der Waals surface area contributed by atoms with E-state index < -0.39 is 0 Å². The summed E-state index contributed by atoms with van der Waals surface area (Å²) in [6, 6.07) is 19.1. The topological polar surface area (TPSA) is 81.7 Å². The van der Waals surface area contributed by atoms with Crippen LogP contribution in [0.2, 0.25) is 20.1 Å². The number of aryl methyl sites for hydroxylation is 1. The monoisotopic (exact) mass is 812 g/mol. The standard InChI is InChI=1S/C20H21Cl2N3S.C19H19Cl2N3OS/c1-4-18-24-19(13(2)3)20(25(18)12-14-5-7-23-8-6-14)26-17-10-15(21)9-16(22)11-17;1-12(2)18-19(26-16-8-14(20)7-15(21)9-16)24(17(11-25)23-18)10-13-3-5-22-6-4-13/h5-11,13H,4,12H2,1-3H3;3-9,12,25H,10-11H2,1-2H3. The Bertz CT molecular complexity index is 1900. The average molecular weight is 815 g/mol. The molecule has 0 unspecified atom stereocenters. The summed E-state index contributed by atoms with van der Waals surface area (Å²) in [5, 5.41) is 14.4. The highest BCUT2D eigenvalue weighted by molar-refractivity contribution is 7.99. The molecule has 0 bridgehead atoms. The molecule has 0 saturated heterocycles. The van der Waals surface area contributed by atoms with Crippen LogP contribution in [0, 0.1) is 0 Å². The van der Waals surface area contributed by atoms with E-state index in [1.807, 2.05) is 65.5 Å². The van der Waals surface area contributed by atoms with Crippen LogP contribution in [-0.4, -0.2) is 34.2 Å². The van der Waals surface area contributed by atoms with Crippen molar-refractivity contribution in [3.8, 4) is 0 Å². The predicted octanol–water partition coefficient (Wildman–Crippen LogP) is 11.9. The molecule has 0 atom stereocenters. The van der Waals surface area contributed by atoms with Crippen molar-refractivity contribution in [3.05, 3.63) is 140 Å². The molecule has 0 spiro atoms. The van der Waals surface area contributed by atoms with E-state index >= 15 is 0 Å². The maximum atomic E-state index is 9.82. The van der Waals surface area contributed by atoms with Crippen molar-refractivity contribution in [1.82, 2.24) is 29.1 Å². The van der Waals surface area contributed by atoms with Gasteiger partial charge in [0.2, 0.25) is 0 Å². The van der Waals surface area contributed by atoms with Gasteiger partial charge in [-0.2, -0.15) is 0 Å². The molecule has 4 heterocycles. The number of hydrogen-bond donors (Lipinski definition) is 1. The number of aliphatic hydroxyl groups is 1. The van der Waals surface area contributed by atoms with Crippen molar-refractivity contribution in [2.24, 2.45) is 0 Å². The van der Waals surface area contributed by atoms with Crippen molar-refractivity contribution in [2.45, 2.75) is 92.4 Å². The summed E-state index contributed by atoms with van der Waals surface area (Å²) in [5.74, 6) is 2.27. The minimum Gasteiger partial charge on any atom is -0.388 e. The highest BCUT2D eigenvalue weighted by Crippen LogP contribution is 2.39. The van der Waals surface area contributed by atoms with Gasteiger partial charge in [0.1, 0.15) is 28.3 Å². The lowest BCUT2D eigenvalue weighted by molar-refractivity contribution is 0.265. The van der Waals surface area contributed by atoms with Crippen LogP contribution in [-0.2, 0) is 26.1 Å². The number of imidazole rings is 2. The van der Waals surface area contributed by atoms with E-state index in [1.165, 1.54) is 5.56 Å². The number of rotatable bonds is 12. The Morgan fingerprint density at radius 1 is 0.596 bits per heavy atom. The molecule has 0 saturated carbocycles. The van der Waals surface area contributed by atoms with E-state index in [0.29, 0.717) is 38.4 Å². The van der Waals surface area contributed by atoms with E-state index in [1.54, 1.807) is 48.1 Å². The molecule has 13 heteroatoms. The van der Waals surface area contributed by atoms with Crippen molar-refractivity contribution < 1.29 is 5.11 Å². The van der Waals surface area contributed by atoms with E-state index in [-0.39, 0.29) is 12.5 Å². The van der Waals surface area contributed by atoms with Crippen molar-refractivity contribution in [1.29, 1.82) is 0 Å². The summed E-state index contributed by atoms with van der Waals surface area (Å²) in [7, 11) is 0. The normalized spacial score (nSPS) is 11.3. The maximum absolute atomic E-state index is 9.82. The number of aromatic nitrogens is 6. The molecule has 0 aliphatic carbocycles. The van der Waals surface area contributed by atoms with Crippen LogP contribution < -0.4 is 0 Å². The summed E-state index contributed by atoms with van der Waals surface area (Å²) >= 11 is 27.9. The maximum Gasteiger partial charge on any atom is 0.136 e. The van der Waals surface area contributed by atoms with Gasteiger partial charge < -0.3 is 14.2 Å². The molecule has 52 heavy (non-hydrogen) atoms. The SMILES string of the molecule is CC(C)c1nc(CO)n(Cc2ccncc2)c1Sc1cc(Cl)cc(Cl)c1.CCc1nc(C(C)C)c(Sc2cc(Cl)cc(Cl)c2)n1Cc1ccncc1. The van der Waals surface area contributed by atoms with Gasteiger partial charge in [0, 0.05) is 67.6 Å². The molecule has 0 radical (unpaired) electrons. The van der Waals surface area contributed by atoms with E-state index in [0.717, 1.165) is 55.6 Å². The zero-order valence-corrected chi connectivity index (χ0v) is 34.2. The highest BCUT2D eigenvalue weighted by Gasteiger charge is 2.22. The number of hydrogen-bond acceptors (Lipinski definition) is 7. The third kappa shape index (κ3) is 10.6. The van der Waals surface area contributed by atoms with Crippen LogP contribution >= 0.6 is 69.9 Å². The summed E-state index contributed by atoms with van der Waals surface area (Å²) in [4.78, 5) is 19.7. The van der Waals surface area contributed by atoms with Crippen LogP contribution in [0.3, 0.4) is 0 Å². The molecular formula is C39H40Cl4N6OS2. The van der Waals surface area contributed by atoms with Crippen LogP contribution in [0.1, 0.15) is 80.6 Å². The van der Waals surface area contributed by atoms with Crippen molar-refractivity contribution >= 4 is 69.9 Å². The second kappa shape index (κ2) is 18.8. The average Bonchev–Trinajstić information content (AvgIpc) is 3.62. The minimum atomic E-state index is -0.123. The molecule has 272 valence electrons. The van der Waals surface area contributed by atoms with Gasteiger partial charge in [0.05, 0.1) is 17.9 Å². The molecule has 0 aliphatic heterocycles. The van der Waals surface area contributed by atoms with Crippen molar-refractivity contribution in [2.75, 3.05) is 0 Å². The first kappa shape index (κ1) is 40.2. The van der Waals surface area contributed by atoms with Crippen LogP contribution in [0.5, 0.6) is 0 Å². The number of pyridine rings is 2. The van der Waals surface area contributed by atoms with E-state index in [2.05, 4.69) is 54.1 Å². The Morgan fingerprint density at radius 2 is 0.962 bits per heavy atom. The Kier molecular flexibility index (Phi) is 14.6.